The Morgan fingerprint density at radius 2 is 1.72 bits per heavy atom. The summed E-state index contributed by atoms with van der Waals surface area (Å²) in [6.45, 7) is -0.413. The van der Waals surface area contributed by atoms with Crippen molar-refractivity contribution < 1.29 is 27.1 Å². The average molecular weight is 491 g/mol. The molecule has 5 rings (SSSR count). The van der Waals surface area contributed by atoms with E-state index < -0.39 is 35.6 Å². The lowest BCUT2D eigenvalue weighted by Crippen LogP contribution is -2.14. The Morgan fingerprint density at radius 3 is 2.39 bits per heavy atom. The van der Waals surface area contributed by atoms with Crippen LogP contribution in [0, 0.1) is 11.9 Å². The quantitative estimate of drug-likeness (QED) is 0.283. The van der Waals surface area contributed by atoms with E-state index in [-0.39, 0.29) is 5.56 Å². The number of nitrogens with zero attached hydrogens (tertiary/aromatic N) is 1. The molecule has 0 aliphatic rings. The molecule has 1 amide bonds. The van der Waals surface area contributed by atoms with Crippen LogP contribution in [-0.4, -0.2) is 17.6 Å². The maximum atomic E-state index is 14.8. The second-order valence-electron chi connectivity index (χ2n) is 8.29. The Labute approximate surface area is 203 Å². The van der Waals surface area contributed by atoms with E-state index in [9.17, 15) is 22.4 Å². The molecule has 0 fully saturated rings. The molecular weight excluding hydrogens is 472 g/mol. The van der Waals surface area contributed by atoms with E-state index in [2.05, 4.69) is 6.07 Å². The van der Waals surface area contributed by atoms with Crippen LogP contribution in [-0.2, 0) is 12.7 Å². The standard InChI is InChI=1S/C28H19F4N2O2/c1-36-18-11-8-16(9-12-18)17-10-13-19-25(14-17)34(24-7-2-4-20(26(19)24)27(33)35)15-21-22(28(30,31)32)5-3-6-23(21)29/h2-12,14H,15H2,1H3,(H2,33,35). The molecule has 4 aromatic carbocycles. The normalized spacial score (nSPS) is 11.8. The maximum Gasteiger partial charge on any atom is 0.416 e. The molecule has 0 saturated carbocycles. The molecule has 2 N–H and O–H groups in total. The molecule has 1 aromatic heterocycles. The van der Waals surface area contributed by atoms with Gasteiger partial charge in [0.1, 0.15) is 11.6 Å². The second-order valence-corrected chi connectivity index (χ2v) is 8.29. The van der Waals surface area contributed by atoms with Crippen molar-refractivity contribution in [1.29, 1.82) is 0 Å². The van der Waals surface area contributed by atoms with Gasteiger partial charge in [-0.05, 0) is 65.7 Å². The van der Waals surface area contributed by atoms with Crippen molar-refractivity contribution in [2.45, 2.75) is 12.7 Å². The number of nitrogens with two attached hydrogens (primary N) is 1. The van der Waals surface area contributed by atoms with Crippen LogP contribution in [0.1, 0.15) is 21.5 Å². The first-order chi connectivity index (χ1) is 17.2. The van der Waals surface area contributed by atoms with E-state index in [0.29, 0.717) is 27.6 Å². The molecule has 0 bridgehead atoms. The molecule has 0 atom stereocenters. The number of ether oxygens (including phenoxy) is 1. The summed E-state index contributed by atoms with van der Waals surface area (Å²) in [7, 11) is 1.56. The van der Waals surface area contributed by atoms with Gasteiger partial charge in [0.2, 0.25) is 5.91 Å². The zero-order valence-electron chi connectivity index (χ0n) is 19.0. The van der Waals surface area contributed by atoms with E-state index in [4.69, 9.17) is 10.5 Å². The summed E-state index contributed by atoms with van der Waals surface area (Å²) in [4.78, 5) is 12.2. The SMILES string of the molecule is COc1ccc(-c2c[c]c3c4c(C(N)=O)cccc4n(Cc4c(F)cccc4C(F)(F)F)c3c2)cc1. The highest BCUT2D eigenvalue weighted by Crippen LogP contribution is 2.38. The molecule has 0 saturated heterocycles. The number of rotatable bonds is 5. The number of carbonyl (C=O) groups excluding carboxylic acids is 1. The summed E-state index contributed by atoms with van der Waals surface area (Å²) in [5.41, 5.74) is 6.74. The zero-order valence-corrected chi connectivity index (χ0v) is 19.0. The van der Waals surface area contributed by atoms with Gasteiger partial charge in [-0.2, -0.15) is 13.2 Å². The Bertz CT molecular complexity index is 1620. The summed E-state index contributed by atoms with van der Waals surface area (Å²) in [6.07, 6.45) is -4.74. The number of halogens is 4. The summed E-state index contributed by atoms with van der Waals surface area (Å²) >= 11 is 0. The highest BCUT2D eigenvalue weighted by atomic mass is 19.4. The van der Waals surface area contributed by atoms with Crippen LogP contribution in [0.15, 0.2) is 72.8 Å². The van der Waals surface area contributed by atoms with Crippen LogP contribution >= 0.6 is 0 Å². The second kappa shape index (κ2) is 8.71. The van der Waals surface area contributed by atoms with Crippen LogP contribution in [0.4, 0.5) is 17.6 Å². The third-order valence-electron chi connectivity index (χ3n) is 6.22. The number of hydrogen-bond donors (Lipinski definition) is 1. The van der Waals surface area contributed by atoms with E-state index in [1.807, 2.05) is 12.1 Å². The van der Waals surface area contributed by atoms with Crippen molar-refractivity contribution >= 4 is 27.7 Å². The topological polar surface area (TPSA) is 57.2 Å². The van der Waals surface area contributed by atoms with Gasteiger partial charge in [0.05, 0.1) is 30.3 Å². The molecule has 0 spiro atoms. The number of methoxy groups -OCH3 is 1. The van der Waals surface area contributed by atoms with Crippen molar-refractivity contribution in [2.75, 3.05) is 7.11 Å². The first-order valence-electron chi connectivity index (χ1n) is 10.9. The van der Waals surface area contributed by atoms with Gasteiger partial charge < -0.3 is 15.0 Å². The summed E-state index contributed by atoms with van der Waals surface area (Å²) < 4.78 is 62.8. The Balaban J connectivity index is 1.80. The van der Waals surface area contributed by atoms with E-state index >= 15 is 0 Å². The van der Waals surface area contributed by atoms with Crippen LogP contribution < -0.4 is 10.5 Å². The van der Waals surface area contributed by atoms with E-state index in [0.717, 1.165) is 29.3 Å². The maximum absolute atomic E-state index is 14.8. The van der Waals surface area contributed by atoms with Crippen molar-refractivity contribution in [3.8, 4) is 16.9 Å². The van der Waals surface area contributed by atoms with Gasteiger partial charge in [-0.1, -0.05) is 24.3 Å². The predicted octanol–water partition coefficient (Wildman–Crippen LogP) is 6.58. The van der Waals surface area contributed by atoms with Crippen LogP contribution in [0.25, 0.3) is 32.9 Å². The third kappa shape index (κ3) is 3.94. The van der Waals surface area contributed by atoms with E-state index in [1.165, 1.54) is 0 Å². The fraction of sp³-hybridized carbons (Fsp3) is 0.107. The minimum Gasteiger partial charge on any atom is -0.497 e. The molecule has 1 heterocycles. The van der Waals surface area contributed by atoms with Gasteiger partial charge in [-0.15, -0.1) is 0 Å². The Morgan fingerprint density at radius 1 is 1.00 bits per heavy atom. The first kappa shape index (κ1) is 23.4. The van der Waals surface area contributed by atoms with Gasteiger partial charge in [0.25, 0.3) is 0 Å². The highest BCUT2D eigenvalue weighted by molar-refractivity contribution is 6.18. The Hall–Kier alpha value is -4.33. The number of primary amides is 1. The predicted molar refractivity (Wildman–Crippen MR) is 129 cm³/mol. The lowest BCUT2D eigenvalue weighted by Gasteiger charge is -2.16. The number of aromatic nitrogens is 1. The summed E-state index contributed by atoms with van der Waals surface area (Å²) in [5, 5.41) is 0.952. The van der Waals surface area contributed by atoms with Crippen molar-refractivity contribution in [2.24, 2.45) is 5.73 Å². The van der Waals surface area contributed by atoms with Crippen LogP contribution in [0.5, 0.6) is 5.75 Å². The first-order valence-corrected chi connectivity index (χ1v) is 10.9. The van der Waals surface area contributed by atoms with Gasteiger partial charge in [-0.25, -0.2) is 4.39 Å². The van der Waals surface area contributed by atoms with Gasteiger partial charge in [-0.3, -0.25) is 4.79 Å². The number of amides is 1. The Kier molecular flexibility index (Phi) is 5.67. The van der Waals surface area contributed by atoms with Crippen LogP contribution in [0.2, 0.25) is 0 Å². The smallest absolute Gasteiger partial charge is 0.416 e. The highest BCUT2D eigenvalue weighted by Gasteiger charge is 2.34. The van der Waals surface area contributed by atoms with Crippen molar-refractivity contribution in [1.82, 2.24) is 4.57 Å². The number of hydrogen-bond acceptors (Lipinski definition) is 2. The molecule has 8 heteroatoms. The molecule has 5 aromatic rings. The molecule has 181 valence electrons. The molecule has 0 aliphatic heterocycles. The fourth-order valence-electron chi connectivity index (χ4n) is 4.52. The number of fused-ring (bicyclic) bond motifs is 3. The number of carbonyl (C=O) groups is 1. The fourth-order valence-corrected chi connectivity index (χ4v) is 4.52. The summed E-state index contributed by atoms with van der Waals surface area (Å²) in [5.74, 6) is -0.987. The zero-order chi connectivity index (χ0) is 25.6. The van der Waals surface area contributed by atoms with Crippen molar-refractivity contribution in [3.63, 3.8) is 0 Å². The van der Waals surface area contributed by atoms with Gasteiger partial charge >= 0.3 is 6.18 Å². The minimum atomic E-state index is -4.74. The number of alkyl halides is 3. The third-order valence-corrected chi connectivity index (χ3v) is 6.22. The number of benzene rings is 4. The molecule has 0 aliphatic carbocycles. The van der Waals surface area contributed by atoms with Gasteiger partial charge in [0, 0.05) is 21.9 Å². The van der Waals surface area contributed by atoms with E-state index in [1.54, 1.807) is 54.1 Å². The molecule has 1 radical (unpaired) electrons. The molecular formula is C28H19F4N2O2. The lowest BCUT2D eigenvalue weighted by molar-refractivity contribution is -0.138. The lowest BCUT2D eigenvalue weighted by atomic mass is 10.0. The monoisotopic (exact) mass is 491 g/mol. The van der Waals surface area contributed by atoms with Crippen molar-refractivity contribution in [3.05, 3.63) is 101 Å². The molecule has 4 nitrogen and oxygen atoms in total. The van der Waals surface area contributed by atoms with Gasteiger partial charge in [0.15, 0.2) is 0 Å². The molecule has 36 heavy (non-hydrogen) atoms. The largest absolute Gasteiger partial charge is 0.497 e. The molecule has 0 unspecified atom stereocenters. The average Bonchev–Trinajstić information content (AvgIpc) is 3.17. The van der Waals surface area contributed by atoms with Crippen LogP contribution in [0.3, 0.4) is 0 Å². The minimum absolute atomic E-state index is 0.203. The summed E-state index contributed by atoms with van der Waals surface area (Å²) in [6, 6.07) is 21.6.